The van der Waals surface area contributed by atoms with Gasteiger partial charge in [-0.05, 0) is 45.0 Å². The standard InChI is InChI=1S/C23H26N6O5S/c1-14-12-25-17(13-24-14)11-16(3)35(30,31)28-23-27-26-22(20-10-9-15(2)34-20)29(23)21-18(32-4)7-6-8-19(21)33-5/h6-10,12-13,16H,11H2,1-5H3,(H,27,28)/t16-/m0/s1. The van der Waals surface area contributed by atoms with Crippen LogP contribution in [0.25, 0.3) is 17.3 Å². The molecule has 0 spiro atoms. The summed E-state index contributed by atoms with van der Waals surface area (Å²) in [4.78, 5) is 8.45. The lowest BCUT2D eigenvalue weighted by Gasteiger charge is -2.18. The monoisotopic (exact) mass is 498 g/mol. The van der Waals surface area contributed by atoms with E-state index in [1.165, 1.54) is 18.8 Å². The van der Waals surface area contributed by atoms with Crippen LogP contribution in [0.4, 0.5) is 5.95 Å². The van der Waals surface area contributed by atoms with E-state index in [9.17, 15) is 8.42 Å². The average Bonchev–Trinajstić information content (AvgIpc) is 3.45. The molecule has 184 valence electrons. The number of ether oxygens (including phenoxy) is 2. The quantitative estimate of drug-likeness (QED) is 0.369. The summed E-state index contributed by atoms with van der Waals surface area (Å²) in [5, 5.41) is 7.53. The summed E-state index contributed by atoms with van der Waals surface area (Å²) in [6.07, 6.45) is 3.34. The summed E-state index contributed by atoms with van der Waals surface area (Å²) in [6.45, 7) is 5.20. The van der Waals surface area contributed by atoms with Gasteiger partial charge in [-0.3, -0.25) is 19.3 Å². The maximum atomic E-state index is 13.3. The third kappa shape index (κ3) is 4.97. The van der Waals surface area contributed by atoms with Crippen molar-refractivity contribution in [3.63, 3.8) is 0 Å². The SMILES string of the molecule is COc1cccc(OC)c1-n1c(NS(=O)(=O)[C@@H](C)Cc2cnc(C)cn2)nnc1-c1ccc(C)o1. The van der Waals surface area contributed by atoms with Crippen molar-refractivity contribution in [1.82, 2.24) is 24.7 Å². The predicted molar refractivity (Wildman–Crippen MR) is 129 cm³/mol. The van der Waals surface area contributed by atoms with Gasteiger partial charge >= 0.3 is 0 Å². The van der Waals surface area contributed by atoms with Crippen LogP contribution < -0.4 is 14.2 Å². The number of nitrogens with one attached hydrogen (secondary N) is 1. The van der Waals surface area contributed by atoms with Gasteiger partial charge in [0.05, 0.1) is 30.9 Å². The maximum absolute atomic E-state index is 13.3. The molecule has 4 aromatic rings. The van der Waals surface area contributed by atoms with Gasteiger partial charge in [0.25, 0.3) is 0 Å². The van der Waals surface area contributed by atoms with Crippen molar-refractivity contribution >= 4 is 16.0 Å². The molecule has 1 N–H and O–H groups in total. The first kappa shape index (κ1) is 24.2. The zero-order chi connectivity index (χ0) is 25.2. The lowest BCUT2D eigenvalue weighted by Crippen LogP contribution is -2.29. The molecular formula is C23H26N6O5S. The van der Waals surface area contributed by atoms with E-state index < -0.39 is 15.3 Å². The molecule has 0 saturated carbocycles. The number of benzene rings is 1. The highest BCUT2D eigenvalue weighted by molar-refractivity contribution is 7.93. The van der Waals surface area contributed by atoms with Crippen molar-refractivity contribution in [2.24, 2.45) is 0 Å². The lowest BCUT2D eigenvalue weighted by atomic mass is 10.2. The molecule has 3 aromatic heterocycles. The second kappa shape index (κ2) is 9.74. The third-order valence-electron chi connectivity index (χ3n) is 5.34. The molecule has 11 nitrogen and oxygen atoms in total. The summed E-state index contributed by atoms with van der Waals surface area (Å²) >= 11 is 0. The van der Waals surface area contributed by atoms with Crippen LogP contribution in [0.5, 0.6) is 11.5 Å². The Morgan fingerprint density at radius 2 is 1.74 bits per heavy atom. The van der Waals surface area contributed by atoms with E-state index in [4.69, 9.17) is 13.9 Å². The van der Waals surface area contributed by atoms with Gasteiger partial charge in [-0.2, -0.15) is 0 Å². The molecule has 0 bridgehead atoms. The Hall–Kier alpha value is -3.93. The summed E-state index contributed by atoms with van der Waals surface area (Å²) in [7, 11) is -0.893. The van der Waals surface area contributed by atoms with E-state index in [-0.39, 0.29) is 18.2 Å². The second-order valence-corrected chi connectivity index (χ2v) is 10.0. The number of sulfonamides is 1. The topological polar surface area (TPSA) is 134 Å². The van der Waals surface area contributed by atoms with Crippen molar-refractivity contribution in [2.75, 3.05) is 18.9 Å². The fraction of sp³-hybridized carbons (Fsp3) is 0.304. The molecule has 0 aliphatic carbocycles. The molecule has 35 heavy (non-hydrogen) atoms. The molecule has 3 heterocycles. The molecule has 0 saturated heterocycles. The van der Waals surface area contributed by atoms with Gasteiger partial charge in [0.15, 0.2) is 5.76 Å². The van der Waals surface area contributed by atoms with Crippen LogP contribution in [0.15, 0.2) is 47.1 Å². The first-order valence-electron chi connectivity index (χ1n) is 10.8. The van der Waals surface area contributed by atoms with E-state index in [0.29, 0.717) is 34.4 Å². The number of hydrogen-bond acceptors (Lipinski definition) is 9. The molecule has 0 unspecified atom stereocenters. The first-order valence-corrected chi connectivity index (χ1v) is 12.3. The number of furan rings is 1. The molecule has 12 heteroatoms. The van der Waals surface area contributed by atoms with Crippen molar-refractivity contribution in [2.45, 2.75) is 32.4 Å². The molecule has 0 radical (unpaired) electrons. The fourth-order valence-electron chi connectivity index (χ4n) is 3.49. The number of aryl methyl sites for hydroxylation is 2. The lowest BCUT2D eigenvalue weighted by molar-refractivity contribution is 0.391. The van der Waals surface area contributed by atoms with Crippen molar-refractivity contribution in [1.29, 1.82) is 0 Å². The van der Waals surface area contributed by atoms with Gasteiger partial charge in [-0.15, -0.1) is 10.2 Å². The third-order valence-corrected chi connectivity index (χ3v) is 7.04. The molecule has 1 atom stereocenters. The highest BCUT2D eigenvalue weighted by Gasteiger charge is 2.29. The average molecular weight is 499 g/mol. The number of aromatic nitrogens is 5. The van der Waals surface area contributed by atoms with Crippen LogP contribution in [-0.4, -0.2) is 52.6 Å². The van der Waals surface area contributed by atoms with Crippen molar-refractivity contribution in [3.05, 3.63) is 59.9 Å². The summed E-state index contributed by atoms with van der Waals surface area (Å²) in [5.74, 6) is 2.15. The van der Waals surface area contributed by atoms with Crippen molar-refractivity contribution < 1.29 is 22.3 Å². The van der Waals surface area contributed by atoms with E-state index in [1.807, 2.05) is 6.92 Å². The predicted octanol–water partition coefficient (Wildman–Crippen LogP) is 3.32. The van der Waals surface area contributed by atoms with Gasteiger partial charge < -0.3 is 13.9 Å². The zero-order valence-corrected chi connectivity index (χ0v) is 20.8. The van der Waals surface area contributed by atoms with Crippen LogP contribution in [0.1, 0.15) is 24.1 Å². The minimum Gasteiger partial charge on any atom is -0.494 e. The van der Waals surface area contributed by atoms with Gasteiger partial charge in [0.2, 0.25) is 21.8 Å². The Balaban J connectivity index is 1.79. The Kier molecular flexibility index (Phi) is 6.74. The van der Waals surface area contributed by atoms with Crippen LogP contribution in [0.2, 0.25) is 0 Å². The molecule has 0 aliphatic heterocycles. The highest BCUT2D eigenvalue weighted by Crippen LogP contribution is 2.38. The van der Waals surface area contributed by atoms with E-state index >= 15 is 0 Å². The highest BCUT2D eigenvalue weighted by atomic mass is 32.2. The first-order chi connectivity index (χ1) is 16.7. The van der Waals surface area contributed by atoms with Gasteiger partial charge in [-0.25, -0.2) is 8.42 Å². The van der Waals surface area contributed by atoms with Gasteiger partial charge in [-0.1, -0.05) is 6.07 Å². The summed E-state index contributed by atoms with van der Waals surface area (Å²) in [5.41, 5.74) is 1.73. The minimum absolute atomic E-state index is 0.0429. The Bertz CT molecular complexity index is 1410. The Morgan fingerprint density at radius 3 is 2.31 bits per heavy atom. The smallest absolute Gasteiger partial charge is 0.243 e. The largest absolute Gasteiger partial charge is 0.494 e. The number of hydrogen-bond donors (Lipinski definition) is 1. The number of para-hydroxylation sites is 1. The molecule has 0 fully saturated rings. The maximum Gasteiger partial charge on any atom is 0.243 e. The van der Waals surface area contributed by atoms with Gasteiger partial charge in [0.1, 0.15) is 22.9 Å². The van der Waals surface area contributed by atoms with Crippen LogP contribution in [-0.2, 0) is 16.4 Å². The molecular weight excluding hydrogens is 472 g/mol. The van der Waals surface area contributed by atoms with E-state index in [0.717, 1.165) is 5.69 Å². The minimum atomic E-state index is -3.91. The van der Waals surface area contributed by atoms with E-state index in [1.54, 1.807) is 56.6 Å². The van der Waals surface area contributed by atoms with Crippen LogP contribution >= 0.6 is 0 Å². The fourth-order valence-corrected chi connectivity index (χ4v) is 4.46. The summed E-state index contributed by atoms with van der Waals surface area (Å²) < 4.78 is 47.5. The number of anilines is 1. The number of nitrogens with zero attached hydrogens (tertiary/aromatic N) is 5. The molecule has 0 amide bonds. The second-order valence-electron chi connectivity index (χ2n) is 7.91. The number of methoxy groups -OCH3 is 2. The molecule has 1 aromatic carbocycles. The van der Waals surface area contributed by atoms with Gasteiger partial charge in [0, 0.05) is 18.8 Å². The normalized spacial score (nSPS) is 12.4. The molecule has 0 aliphatic rings. The van der Waals surface area contributed by atoms with Crippen molar-refractivity contribution in [3.8, 4) is 28.8 Å². The number of rotatable bonds is 9. The van der Waals surface area contributed by atoms with E-state index in [2.05, 4.69) is 24.9 Å². The Morgan fingerprint density at radius 1 is 1.03 bits per heavy atom. The summed E-state index contributed by atoms with van der Waals surface area (Å²) in [6, 6.07) is 8.73. The Labute approximate surface area is 203 Å². The van der Waals surface area contributed by atoms with Crippen LogP contribution in [0.3, 0.4) is 0 Å². The van der Waals surface area contributed by atoms with Crippen LogP contribution in [0, 0.1) is 13.8 Å². The molecule has 4 rings (SSSR count). The zero-order valence-electron chi connectivity index (χ0n) is 20.0.